The molecule has 0 aliphatic heterocycles. The van der Waals surface area contributed by atoms with Gasteiger partial charge in [0.15, 0.2) is 0 Å². The Balaban J connectivity index is 2.54. The fourth-order valence-electron chi connectivity index (χ4n) is 1.78. The van der Waals surface area contributed by atoms with Crippen LogP contribution in [0.25, 0.3) is 0 Å². The molecule has 1 atom stereocenters. The topological polar surface area (TPSA) is 29.1 Å². The molecule has 100 valence electrons. The van der Waals surface area contributed by atoms with Crippen LogP contribution in [0.4, 0.5) is 8.78 Å². The number of amides is 1. The average Bonchev–Trinajstić information content (AvgIpc) is 2.28. The van der Waals surface area contributed by atoms with Gasteiger partial charge in [0.25, 0.3) is 0 Å². The molecule has 0 aliphatic rings. The first-order chi connectivity index (χ1) is 8.54. The molecule has 18 heavy (non-hydrogen) atoms. The first-order valence-electron chi connectivity index (χ1n) is 6.29. The van der Waals surface area contributed by atoms with Crippen molar-refractivity contribution < 1.29 is 13.6 Å². The van der Waals surface area contributed by atoms with E-state index in [-0.39, 0.29) is 5.91 Å². The second-order valence-corrected chi connectivity index (χ2v) is 4.41. The van der Waals surface area contributed by atoms with E-state index in [2.05, 4.69) is 12.2 Å². The van der Waals surface area contributed by atoms with E-state index in [1.54, 1.807) is 6.92 Å². The molecule has 1 unspecified atom stereocenters. The summed E-state index contributed by atoms with van der Waals surface area (Å²) in [6.07, 6.45) is 3.34. The number of carbonyl (C=O) groups is 1. The SMILES string of the molecule is CCCCCC(=O)NC(C)c1ccc(F)cc1F. The van der Waals surface area contributed by atoms with Crippen molar-refractivity contribution in [3.05, 3.63) is 35.4 Å². The zero-order chi connectivity index (χ0) is 13.5. The Morgan fingerprint density at radius 1 is 1.33 bits per heavy atom. The van der Waals surface area contributed by atoms with Crippen molar-refractivity contribution in [2.45, 2.75) is 45.6 Å². The van der Waals surface area contributed by atoms with E-state index in [9.17, 15) is 13.6 Å². The van der Waals surface area contributed by atoms with Gasteiger partial charge in [-0.2, -0.15) is 0 Å². The second-order valence-electron chi connectivity index (χ2n) is 4.41. The molecular formula is C14H19F2NO. The molecule has 4 heteroatoms. The Kier molecular flexibility index (Phi) is 5.75. The highest BCUT2D eigenvalue weighted by atomic mass is 19.1. The van der Waals surface area contributed by atoms with Gasteiger partial charge in [0.1, 0.15) is 11.6 Å². The predicted octanol–water partition coefficient (Wildman–Crippen LogP) is 3.72. The minimum atomic E-state index is -0.628. The summed E-state index contributed by atoms with van der Waals surface area (Å²) in [6, 6.07) is 2.94. The Morgan fingerprint density at radius 2 is 2.06 bits per heavy atom. The molecule has 0 spiro atoms. The lowest BCUT2D eigenvalue weighted by Gasteiger charge is -2.15. The van der Waals surface area contributed by atoms with Crippen LogP contribution >= 0.6 is 0 Å². The third kappa shape index (κ3) is 4.43. The first-order valence-corrected chi connectivity index (χ1v) is 6.29. The van der Waals surface area contributed by atoms with Gasteiger partial charge in [0, 0.05) is 18.1 Å². The lowest BCUT2D eigenvalue weighted by Crippen LogP contribution is -2.26. The third-order valence-electron chi connectivity index (χ3n) is 2.81. The van der Waals surface area contributed by atoms with Crippen molar-refractivity contribution in [2.24, 2.45) is 0 Å². The van der Waals surface area contributed by atoms with E-state index in [1.807, 2.05) is 0 Å². The maximum absolute atomic E-state index is 13.5. The molecule has 0 aromatic heterocycles. The minimum absolute atomic E-state index is 0.0975. The van der Waals surface area contributed by atoms with Gasteiger partial charge in [-0.15, -0.1) is 0 Å². The minimum Gasteiger partial charge on any atom is -0.349 e. The van der Waals surface area contributed by atoms with Crippen LogP contribution in [0.3, 0.4) is 0 Å². The molecule has 1 N–H and O–H groups in total. The smallest absolute Gasteiger partial charge is 0.220 e. The molecule has 0 bridgehead atoms. The molecule has 0 fully saturated rings. The largest absolute Gasteiger partial charge is 0.349 e. The van der Waals surface area contributed by atoms with Crippen LogP contribution in [0.2, 0.25) is 0 Å². The number of hydrogen-bond donors (Lipinski definition) is 1. The van der Waals surface area contributed by atoms with Crippen molar-refractivity contribution in [2.75, 3.05) is 0 Å². The van der Waals surface area contributed by atoms with Crippen molar-refractivity contribution in [3.8, 4) is 0 Å². The van der Waals surface area contributed by atoms with Crippen molar-refractivity contribution in [3.63, 3.8) is 0 Å². The third-order valence-corrected chi connectivity index (χ3v) is 2.81. The standard InChI is InChI=1S/C14H19F2NO/c1-3-4-5-6-14(18)17-10(2)12-8-7-11(15)9-13(12)16/h7-10H,3-6H2,1-2H3,(H,17,18). The van der Waals surface area contributed by atoms with E-state index in [4.69, 9.17) is 0 Å². The van der Waals surface area contributed by atoms with Crippen LogP contribution in [0, 0.1) is 11.6 Å². The van der Waals surface area contributed by atoms with Crippen LogP contribution in [0.1, 0.15) is 51.1 Å². The predicted molar refractivity (Wildman–Crippen MR) is 67.1 cm³/mol. The van der Waals surface area contributed by atoms with Crippen LogP contribution < -0.4 is 5.32 Å². The van der Waals surface area contributed by atoms with Gasteiger partial charge in [-0.05, 0) is 19.4 Å². The monoisotopic (exact) mass is 255 g/mol. The fourth-order valence-corrected chi connectivity index (χ4v) is 1.78. The van der Waals surface area contributed by atoms with Crippen molar-refractivity contribution in [1.82, 2.24) is 5.32 Å². The lowest BCUT2D eigenvalue weighted by molar-refractivity contribution is -0.121. The summed E-state index contributed by atoms with van der Waals surface area (Å²) in [5, 5.41) is 2.71. The second kappa shape index (κ2) is 7.09. The van der Waals surface area contributed by atoms with Gasteiger partial charge in [-0.3, -0.25) is 4.79 Å². The molecule has 2 nitrogen and oxygen atoms in total. The van der Waals surface area contributed by atoms with Gasteiger partial charge in [0.05, 0.1) is 6.04 Å². The lowest BCUT2D eigenvalue weighted by atomic mass is 10.1. The number of nitrogens with one attached hydrogen (secondary N) is 1. The summed E-state index contributed by atoms with van der Waals surface area (Å²) in [7, 11) is 0. The Bertz CT molecular complexity index is 407. The van der Waals surface area contributed by atoms with Crippen molar-refractivity contribution in [1.29, 1.82) is 0 Å². The number of hydrogen-bond acceptors (Lipinski definition) is 1. The van der Waals surface area contributed by atoms with E-state index >= 15 is 0 Å². The maximum atomic E-state index is 13.5. The van der Waals surface area contributed by atoms with Crippen LogP contribution in [-0.4, -0.2) is 5.91 Å². The molecule has 1 aromatic rings. The highest BCUT2D eigenvalue weighted by molar-refractivity contribution is 5.76. The van der Waals surface area contributed by atoms with Gasteiger partial charge in [0.2, 0.25) is 5.91 Å². The molecular weight excluding hydrogens is 236 g/mol. The summed E-state index contributed by atoms with van der Waals surface area (Å²) < 4.78 is 26.2. The molecule has 1 amide bonds. The van der Waals surface area contributed by atoms with Crippen LogP contribution in [0.15, 0.2) is 18.2 Å². The molecule has 0 saturated heterocycles. The molecule has 0 heterocycles. The Hall–Kier alpha value is -1.45. The number of halogens is 2. The molecule has 1 rings (SSSR count). The summed E-state index contributed by atoms with van der Waals surface area (Å²) >= 11 is 0. The normalized spacial score (nSPS) is 12.2. The van der Waals surface area contributed by atoms with E-state index in [1.165, 1.54) is 12.1 Å². The zero-order valence-corrected chi connectivity index (χ0v) is 10.8. The molecule has 0 aliphatic carbocycles. The molecule has 0 saturated carbocycles. The Morgan fingerprint density at radius 3 is 2.67 bits per heavy atom. The van der Waals surface area contributed by atoms with Crippen LogP contribution in [0.5, 0.6) is 0 Å². The highest BCUT2D eigenvalue weighted by Crippen LogP contribution is 2.17. The Labute approximate surface area is 106 Å². The summed E-state index contributed by atoms with van der Waals surface area (Å²) in [6.45, 7) is 3.75. The summed E-state index contributed by atoms with van der Waals surface area (Å²) in [5.74, 6) is -1.34. The van der Waals surface area contributed by atoms with Gasteiger partial charge < -0.3 is 5.32 Å². The highest BCUT2D eigenvalue weighted by Gasteiger charge is 2.13. The number of benzene rings is 1. The zero-order valence-electron chi connectivity index (χ0n) is 10.8. The maximum Gasteiger partial charge on any atom is 0.220 e. The fraction of sp³-hybridized carbons (Fsp3) is 0.500. The average molecular weight is 255 g/mol. The number of unbranched alkanes of at least 4 members (excludes halogenated alkanes) is 2. The quantitative estimate of drug-likeness (QED) is 0.771. The van der Waals surface area contributed by atoms with Crippen molar-refractivity contribution >= 4 is 5.91 Å². The van der Waals surface area contributed by atoms with E-state index < -0.39 is 17.7 Å². The number of carbonyl (C=O) groups excluding carboxylic acids is 1. The molecule has 0 radical (unpaired) electrons. The molecule has 1 aromatic carbocycles. The number of rotatable bonds is 6. The summed E-state index contributed by atoms with van der Waals surface area (Å²) in [4.78, 5) is 11.6. The van der Waals surface area contributed by atoms with Gasteiger partial charge in [-0.25, -0.2) is 8.78 Å². The first kappa shape index (κ1) is 14.6. The van der Waals surface area contributed by atoms with E-state index in [0.29, 0.717) is 12.0 Å². The summed E-state index contributed by atoms with van der Waals surface area (Å²) in [5.41, 5.74) is 0.306. The van der Waals surface area contributed by atoms with E-state index in [0.717, 1.165) is 25.3 Å². The van der Waals surface area contributed by atoms with Gasteiger partial charge in [-0.1, -0.05) is 25.8 Å². The van der Waals surface area contributed by atoms with Gasteiger partial charge >= 0.3 is 0 Å². The van der Waals surface area contributed by atoms with Crippen LogP contribution in [-0.2, 0) is 4.79 Å².